The average molecular weight is 703 g/mol. The van der Waals surface area contributed by atoms with E-state index in [1.807, 2.05) is 96.0 Å². The Morgan fingerprint density at radius 1 is 0.765 bits per heavy atom. The standard InChI is InChI=1S/C27H24O6.C4H8.C3H4O.C3H8.C3H6.C2H6.CH2O/c1-18(2)27(29)33-26-15-21(8-5-19-6-11-23(12-7-19)32-17-28)25(31-4)16-24(26)20-9-13-22(30-3)14-10-20;1-4(2)3;1-2-3-4;2*1-3-2;2*1-2/h5-17H,1H2,2-4H3;1H2,2-3H3;2-3H,1H2;3H2,1-2H3;3H,1H2,2H3;1-2H3;1H2/b8-5+;;;;;;. The molecule has 0 unspecified atom stereocenters. The van der Waals surface area contributed by atoms with Crippen LogP contribution in [0.15, 0.2) is 110 Å². The molecule has 51 heavy (non-hydrogen) atoms. The van der Waals surface area contributed by atoms with E-state index in [0.717, 1.165) is 16.9 Å². The van der Waals surface area contributed by atoms with Gasteiger partial charge in [-0.25, -0.2) is 4.79 Å². The molecule has 0 aromatic heterocycles. The lowest BCUT2D eigenvalue weighted by atomic mass is 10.0. The van der Waals surface area contributed by atoms with Gasteiger partial charge in [0.2, 0.25) is 0 Å². The minimum Gasteiger partial charge on any atom is -0.497 e. The van der Waals surface area contributed by atoms with Crippen LogP contribution in [0.5, 0.6) is 23.0 Å². The van der Waals surface area contributed by atoms with E-state index in [1.165, 1.54) is 18.1 Å². The molecule has 0 atom stereocenters. The first kappa shape index (κ1) is 52.1. The molecule has 0 aliphatic carbocycles. The van der Waals surface area contributed by atoms with Gasteiger partial charge in [-0.1, -0.05) is 95.3 Å². The van der Waals surface area contributed by atoms with Crippen molar-refractivity contribution in [1.29, 1.82) is 0 Å². The number of rotatable bonds is 10. The van der Waals surface area contributed by atoms with E-state index in [2.05, 4.69) is 40.2 Å². The highest BCUT2D eigenvalue weighted by atomic mass is 16.5. The first-order valence-corrected chi connectivity index (χ1v) is 16.1. The predicted molar refractivity (Wildman–Crippen MR) is 215 cm³/mol. The van der Waals surface area contributed by atoms with E-state index in [-0.39, 0.29) is 0 Å². The Morgan fingerprint density at radius 2 is 1.22 bits per heavy atom. The van der Waals surface area contributed by atoms with Gasteiger partial charge in [-0.15, -0.1) is 13.2 Å². The lowest BCUT2D eigenvalue weighted by Crippen LogP contribution is -2.09. The summed E-state index contributed by atoms with van der Waals surface area (Å²) in [6.07, 6.45) is 8.56. The summed E-state index contributed by atoms with van der Waals surface area (Å²) in [5.74, 6) is 1.64. The third-order valence-corrected chi connectivity index (χ3v) is 4.90. The fourth-order valence-corrected chi connectivity index (χ4v) is 3.05. The van der Waals surface area contributed by atoms with Gasteiger partial charge < -0.3 is 23.7 Å². The predicted octanol–water partition coefficient (Wildman–Crippen LogP) is 11.0. The molecule has 0 amide bonds. The topological polar surface area (TPSA) is 105 Å². The molecule has 0 saturated heterocycles. The number of carbonyl (C=O) groups excluding carboxylic acids is 4. The molecule has 3 rings (SSSR count). The zero-order valence-corrected chi connectivity index (χ0v) is 32.2. The number of esters is 1. The summed E-state index contributed by atoms with van der Waals surface area (Å²) >= 11 is 0. The van der Waals surface area contributed by atoms with Gasteiger partial charge >= 0.3 is 5.97 Å². The number of allylic oxidation sites excluding steroid dienone is 3. The summed E-state index contributed by atoms with van der Waals surface area (Å²) in [5.41, 5.74) is 4.58. The zero-order valence-electron chi connectivity index (χ0n) is 32.2. The first-order valence-electron chi connectivity index (χ1n) is 16.1. The average Bonchev–Trinajstić information content (AvgIpc) is 3.13. The normalized spacial score (nSPS) is 8.51. The maximum atomic E-state index is 12.3. The van der Waals surface area contributed by atoms with Gasteiger partial charge in [-0.05, 0) is 81.3 Å². The van der Waals surface area contributed by atoms with Gasteiger partial charge in [0.25, 0.3) is 6.47 Å². The van der Waals surface area contributed by atoms with Gasteiger partial charge in [0.1, 0.15) is 36.1 Å². The maximum Gasteiger partial charge on any atom is 0.338 e. The molecule has 3 aromatic rings. The molecular formula is C43H58O8. The Morgan fingerprint density at radius 3 is 1.59 bits per heavy atom. The van der Waals surface area contributed by atoms with Gasteiger partial charge in [0.05, 0.1) is 14.2 Å². The molecule has 0 radical (unpaired) electrons. The maximum absolute atomic E-state index is 12.3. The first-order chi connectivity index (χ1) is 24.4. The lowest BCUT2D eigenvalue weighted by Gasteiger charge is -2.15. The van der Waals surface area contributed by atoms with Crippen molar-refractivity contribution < 1.29 is 38.1 Å². The second-order valence-corrected chi connectivity index (χ2v) is 9.80. The van der Waals surface area contributed by atoms with Crippen molar-refractivity contribution in [3.8, 4) is 34.1 Å². The molecule has 278 valence electrons. The lowest BCUT2D eigenvalue weighted by molar-refractivity contribution is -0.130. The molecule has 0 heterocycles. The van der Waals surface area contributed by atoms with Crippen LogP contribution in [0.4, 0.5) is 0 Å². The highest BCUT2D eigenvalue weighted by Gasteiger charge is 2.16. The third-order valence-electron chi connectivity index (χ3n) is 4.90. The molecule has 0 spiro atoms. The van der Waals surface area contributed by atoms with E-state index >= 15 is 0 Å². The molecule has 0 N–H and O–H groups in total. The van der Waals surface area contributed by atoms with Crippen molar-refractivity contribution in [3.63, 3.8) is 0 Å². The van der Waals surface area contributed by atoms with Crippen LogP contribution < -0.4 is 18.9 Å². The Bertz CT molecular complexity index is 1440. The zero-order chi connectivity index (χ0) is 40.2. The number of ether oxygens (including phenoxy) is 4. The van der Waals surface area contributed by atoms with Crippen LogP contribution in [0, 0.1) is 0 Å². The van der Waals surface area contributed by atoms with Crippen LogP contribution in [0.3, 0.4) is 0 Å². The van der Waals surface area contributed by atoms with Crippen molar-refractivity contribution >= 4 is 37.7 Å². The number of benzene rings is 3. The summed E-state index contributed by atoms with van der Waals surface area (Å²) in [5, 5.41) is 0. The molecule has 0 saturated carbocycles. The number of carbonyl (C=O) groups is 4. The number of hydrogen-bond donors (Lipinski definition) is 0. The fraction of sp³-hybridized carbons (Fsp3) is 0.256. The highest BCUT2D eigenvalue weighted by molar-refractivity contribution is 5.91. The van der Waals surface area contributed by atoms with Gasteiger partial charge in [-0.3, -0.25) is 9.59 Å². The van der Waals surface area contributed by atoms with E-state index in [1.54, 1.807) is 45.4 Å². The van der Waals surface area contributed by atoms with E-state index in [0.29, 0.717) is 46.7 Å². The third kappa shape index (κ3) is 25.9. The van der Waals surface area contributed by atoms with Crippen LogP contribution in [0.1, 0.15) is 72.9 Å². The Labute approximate surface area is 306 Å². The van der Waals surface area contributed by atoms with Crippen molar-refractivity contribution in [2.75, 3.05) is 14.2 Å². The second kappa shape index (κ2) is 35.5. The minimum absolute atomic E-state index is 0.293. The van der Waals surface area contributed by atoms with Crippen LogP contribution >= 0.6 is 0 Å². The molecule has 8 nitrogen and oxygen atoms in total. The van der Waals surface area contributed by atoms with E-state index in [4.69, 9.17) is 28.5 Å². The Kier molecular flexibility index (Phi) is 36.3. The van der Waals surface area contributed by atoms with Crippen molar-refractivity contribution in [2.45, 2.75) is 61.8 Å². The Hall–Kier alpha value is -5.76. The molecule has 3 aromatic carbocycles. The largest absolute Gasteiger partial charge is 0.497 e. The monoisotopic (exact) mass is 702 g/mol. The molecule has 8 heteroatoms. The van der Waals surface area contributed by atoms with Crippen LogP contribution in [-0.2, 0) is 19.2 Å². The van der Waals surface area contributed by atoms with Gasteiger partial charge in [0.15, 0.2) is 0 Å². The van der Waals surface area contributed by atoms with Crippen molar-refractivity contribution in [1.82, 2.24) is 0 Å². The number of aldehydes is 1. The summed E-state index contributed by atoms with van der Waals surface area (Å²) < 4.78 is 21.3. The summed E-state index contributed by atoms with van der Waals surface area (Å²) in [7, 11) is 3.18. The SMILES string of the molecule is C=C(C)C.C=C(C)C(=O)Oc1cc(/C=C/c2ccc(OC=O)cc2)c(OC)cc1-c1ccc(OC)cc1.C=CC.C=CC=O.C=O.CC.CCC. The van der Waals surface area contributed by atoms with E-state index < -0.39 is 5.97 Å². The van der Waals surface area contributed by atoms with Crippen molar-refractivity contribution in [2.24, 2.45) is 0 Å². The smallest absolute Gasteiger partial charge is 0.338 e. The van der Waals surface area contributed by atoms with Crippen LogP contribution in [-0.4, -0.2) is 39.7 Å². The second-order valence-electron chi connectivity index (χ2n) is 9.80. The van der Waals surface area contributed by atoms with Gasteiger partial charge in [-0.2, -0.15) is 0 Å². The molecule has 0 aliphatic heterocycles. The summed E-state index contributed by atoms with van der Waals surface area (Å²) in [4.78, 5) is 39.8. The van der Waals surface area contributed by atoms with Gasteiger partial charge in [0, 0.05) is 16.7 Å². The summed E-state index contributed by atoms with van der Waals surface area (Å²) in [6, 6.07) is 18.0. The van der Waals surface area contributed by atoms with E-state index in [9.17, 15) is 9.59 Å². The van der Waals surface area contributed by atoms with Crippen LogP contribution in [0.2, 0.25) is 0 Å². The minimum atomic E-state index is -0.518. The van der Waals surface area contributed by atoms with Crippen molar-refractivity contribution in [3.05, 3.63) is 121 Å². The Balaban J connectivity index is -0.000000516. The molecule has 0 bridgehead atoms. The van der Waals surface area contributed by atoms with Crippen LogP contribution in [0.25, 0.3) is 23.3 Å². The highest BCUT2D eigenvalue weighted by Crippen LogP contribution is 2.38. The molecular weight excluding hydrogens is 644 g/mol. The molecule has 0 aliphatic rings. The quantitative estimate of drug-likeness (QED) is 0.0513. The summed E-state index contributed by atoms with van der Waals surface area (Å²) in [6.45, 7) is 31.8. The number of hydrogen-bond acceptors (Lipinski definition) is 8. The molecule has 0 fully saturated rings. The fourth-order valence-electron chi connectivity index (χ4n) is 3.05. The number of methoxy groups -OCH3 is 2.